The molecular formula is C10H7N2O+. The fourth-order valence-corrected chi connectivity index (χ4v) is 1.36. The first-order valence-corrected chi connectivity index (χ1v) is 3.89. The standard InChI is InChI=1S/C10H6N2O/c11-12-9-5-1-4-8-7(9)3-2-6-10(8)13/h1-6H/p+1. The molecule has 2 aromatic rings. The highest BCUT2D eigenvalue weighted by Crippen LogP contribution is 2.31. The molecule has 3 heteroatoms. The summed E-state index contributed by atoms with van der Waals surface area (Å²) < 4.78 is 0. The quantitative estimate of drug-likeness (QED) is 0.619. The highest BCUT2D eigenvalue weighted by Gasteiger charge is 2.11. The molecule has 0 amide bonds. The molecule has 0 saturated heterocycles. The second-order valence-corrected chi connectivity index (χ2v) is 2.75. The second kappa shape index (κ2) is 2.76. The Kier molecular flexibility index (Phi) is 1.60. The summed E-state index contributed by atoms with van der Waals surface area (Å²) in [4.78, 5) is 3.13. The lowest BCUT2D eigenvalue weighted by molar-refractivity contribution is 0.481. The minimum Gasteiger partial charge on any atom is -0.507 e. The predicted octanol–water partition coefficient (Wildman–Crippen LogP) is 3.03. The molecule has 2 rings (SSSR count). The molecule has 0 aliphatic carbocycles. The lowest BCUT2D eigenvalue weighted by Crippen LogP contribution is -1.72. The van der Waals surface area contributed by atoms with Gasteiger partial charge >= 0.3 is 5.69 Å². The molecule has 0 aliphatic rings. The van der Waals surface area contributed by atoms with Gasteiger partial charge in [-0.15, -0.1) is 0 Å². The number of rotatable bonds is 0. The van der Waals surface area contributed by atoms with Crippen molar-refractivity contribution in [2.24, 2.45) is 0 Å². The van der Waals surface area contributed by atoms with E-state index in [0.717, 1.165) is 5.39 Å². The van der Waals surface area contributed by atoms with Crippen molar-refractivity contribution in [3.05, 3.63) is 41.4 Å². The molecule has 1 N–H and O–H groups in total. The van der Waals surface area contributed by atoms with Gasteiger partial charge in [-0.2, -0.15) is 0 Å². The van der Waals surface area contributed by atoms with Crippen molar-refractivity contribution in [3.63, 3.8) is 0 Å². The molecule has 13 heavy (non-hydrogen) atoms. The lowest BCUT2D eigenvalue weighted by atomic mass is 10.1. The smallest absolute Gasteiger partial charge is 0.392 e. The maximum absolute atomic E-state index is 9.47. The van der Waals surface area contributed by atoms with Crippen LogP contribution in [0, 0.1) is 5.39 Å². The van der Waals surface area contributed by atoms with Crippen molar-refractivity contribution >= 4 is 16.5 Å². The third kappa shape index (κ3) is 1.09. The van der Waals surface area contributed by atoms with Gasteiger partial charge in [0.2, 0.25) is 5.39 Å². The fourth-order valence-electron chi connectivity index (χ4n) is 1.36. The first kappa shape index (κ1) is 7.56. The van der Waals surface area contributed by atoms with E-state index in [-0.39, 0.29) is 5.75 Å². The molecular weight excluding hydrogens is 164 g/mol. The van der Waals surface area contributed by atoms with Crippen LogP contribution in [0.4, 0.5) is 5.69 Å². The zero-order chi connectivity index (χ0) is 9.26. The third-order valence-corrected chi connectivity index (χ3v) is 1.98. The summed E-state index contributed by atoms with van der Waals surface area (Å²) in [6.45, 7) is 0. The molecule has 0 bridgehead atoms. The molecule has 0 aliphatic heterocycles. The fraction of sp³-hybridized carbons (Fsp3) is 0. The highest BCUT2D eigenvalue weighted by atomic mass is 16.3. The largest absolute Gasteiger partial charge is 0.507 e. The monoisotopic (exact) mass is 171 g/mol. The van der Waals surface area contributed by atoms with E-state index in [1.54, 1.807) is 36.4 Å². The van der Waals surface area contributed by atoms with E-state index < -0.39 is 0 Å². The van der Waals surface area contributed by atoms with Crippen molar-refractivity contribution in [3.8, 4) is 5.75 Å². The molecule has 0 saturated carbocycles. The summed E-state index contributed by atoms with van der Waals surface area (Å²) in [6.07, 6.45) is 0. The van der Waals surface area contributed by atoms with Crippen LogP contribution in [0.15, 0.2) is 36.4 Å². The number of hydrogen-bond acceptors (Lipinski definition) is 2. The molecule has 3 nitrogen and oxygen atoms in total. The van der Waals surface area contributed by atoms with Gasteiger partial charge in [0, 0.05) is 11.5 Å². The number of hydrogen-bond donors (Lipinski definition) is 1. The van der Waals surface area contributed by atoms with Crippen LogP contribution in [0.3, 0.4) is 0 Å². The summed E-state index contributed by atoms with van der Waals surface area (Å²) >= 11 is 0. The van der Waals surface area contributed by atoms with Crippen molar-refractivity contribution in [1.29, 1.82) is 5.39 Å². The van der Waals surface area contributed by atoms with Crippen molar-refractivity contribution < 1.29 is 5.11 Å². The number of phenols is 1. The molecule has 0 fully saturated rings. The number of nitrogens with zero attached hydrogens (tertiary/aromatic N) is 2. The van der Waals surface area contributed by atoms with Gasteiger partial charge in [-0.1, -0.05) is 18.2 Å². The van der Waals surface area contributed by atoms with Crippen LogP contribution in [0.25, 0.3) is 15.7 Å². The van der Waals surface area contributed by atoms with Gasteiger partial charge in [0.05, 0.1) is 5.39 Å². The van der Waals surface area contributed by atoms with E-state index in [0.29, 0.717) is 11.1 Å². The summed E-state index contributed by atoms with van der Waals surface area (Å²) in [6, 6.07) is 10.3. The van der Waals surface area contributed by atoms with Crippen LogP contribution in [0.2, 0.25) is 0 Å². The Balaban J connectivity index is 2.94. The molecule has 0 radical (unpaired) electrons. The normalized spacial score (nSPS) is 9.77. The molecule has 0 spiro atoms. The van der Waals surface area contributed by atoms with Crippen molar-refractivity contribution in [2.75, 3.05) is 0 Å². The maximum atomic E-state index is 9.47. The zero-order valence-corrected chi connectivity index (χ0v) is 6.81. The highest BCUT2D eigenvalue weighted by molar-refractivity contribution is 5.97. The summed E-state index contributed by atoms with van der Waals surface area (Å²) in [5.74, 6) is 0.197. The van der Waals surface area contributed by atoms with Crippen LogP contribution in [0.1, 0.15) is 0 Å². The van der Waals surface area contributed by atoms with Crippen molar-refractivity contribution in [1.82, 2.24) is 0 Å². The van der Waals surface area contributed by atoms with Crippen LogP contribution >= 0.6 is 0 Å². The van der Waals surface area contributed by atoms with Gasteiger partial charge < -0.3 is 5.11 Å². The van der Waals surface area contributed by atoms with Crippen LogP contribution < -0.4 is 0 Å². The van der Waals surface area contributed by atoms with Gasteiger partial charge in [0.1, 0.15) is 5.75 Å². The summed E-state index contributed by atoms with van der Waals surface area (Å²) in [7, 11) is 0. The Bertz CT molecular complexity index is 500. The van der Waals surface area contributed by atoms with Crippen molar-refractivity contribution in [2.45, 2.75) is 0 Å². The maximum Gasteiger partial charge on any atom is 0.392 e. The van der Waals surface area contributed by atoms with E-state index in [4.69, 9.17) is 5.39 Å². The number of aromatic hydroxyl groups is 1. The van der Waals surface area contributed by atoms with Gasteiger partial charge in [-0.25, -0.2) is 0 Å². The average molecular weight is 171 g/mol. The molecule has 2 aromatic carbocycles. The summed E-state index contributed by atoms with van der Waals surface area (Å²) in [5.41, 5.74) is 0.466. The minimum absolute atomic E-state index is 0.197. The molecule has 0 heterocycles. The van der Waals surface area contributed by atoms with E-state index in [1.165, 1.54) is 0 Å². The zero-order valence-electron chi connectivity index (χ0n) is 6.81. The van der Waals surface area contributed by atoms with Gasteiger partial charge in [0.15, 0.2) is 4.98 Å². The second-order valence-electron chi connectivity index (χ2n) is 2.75. The first-order chi connectivity index (χ1) is 6.33. The Hall–Kier alpha value is -2.08. The third-order valence-electron chi connectivity index (χ3n) is 1.98. The SMILES string of the molecule is N#[N+]c1cccc2c(O)cccc12. The topological polar surface area (TPSA) is 48.4 Å². The number of benzene rings is 2. The Labute approximate surface area is 74.9 Å². The molecule has 62 valence electrons. The van der Waals surface area contributed by atoms with Crippen LogP contribution in [-0.2, 0) is 0 Å². The summed E-state index contributed by atoms with van der Waals surface area (Å²) in [5, 5.41) is 19.6. The van der Waals surface area contributed by atoms with Gasteiger partial charge in [-0.05, 0) is 12.1 Å². The van der Waals surface area contributed by atoms with E-state index in [9.17, 15) is 5.11 Å². The van der Waals surface area contributed by atoms with Crippen LogP contribution in [-0.4, -0.2) is 5.11 Å². The number of phenolic OH excluding ortho intramolecular Hbond substituents is 1. The number of diazo groups is 1. The van der Waals surface area contributed by atoms with E-state index >= 15 is 0 Å². The first-order valence-electron chi connectivity index (χ1n) is 3.89. The van der Waals surface area contributed by atoms with E-state index in [1.807, 2.05) is 0 Å². The van der Waals surface area contributed by atoms with Crippen LogP contribution in [0.5, 0.6) is 5.75 Å². The lowest BCUT2D eigenvalue weighted by Gasteiger charge is -1.96. The van der Waals surface area contributed by atoms with E-state index in [2.05, 4.69) is 4.98 Å². The van der Waals surface area contributed by atoms with Gasteiger partial charge in [-0.3, -0.25) is 0 Å². The Morgan fingerprint density at radius 1 is 1.00 bits per heavy atom. The minimum atomic E-state index is 0.197. The Morgan fingerprint density at radius 2 is 1.69 bits per heavy atom. The molecule has 0 atom stereocenters. The Morgan fingerprint density at radius 3 is 2.46 bits per heavy atom. The van der Waals surface area contributed by atoms with Gasteiger partial charge in [0.25, 0.3) is 0 Å². The predicted molar refractivity (Wildman–Crippen MR) is 50.4 cm³/mol. The average Bonchev–Trinajstić information content (AvgIpc) is 2.18. The molecule has 0 unspecified atom stereocenters. The number of fused-ring (bicyclic) bond motifs is 1. The molecule has 0 aromatic heterocycles.